The van der Waals surface area contributed by atoms with Crippen molar-refractivity contribution in [3.05, 3.63) is 42.0 Å². The van der Waals surface area contributed by atoms with Gasteiger partial charge in [0.15, 0.2) is 0 Å². The van der Waals surface area contributed by atoms with E-state index in [0.717, 1.165) is 12.0 Å². The predicted molar refractivity (Wildman–Crippen MR) is 80.2 cm³/mol. The zero-order valence-corrected chi connectivity index (χ0v) is 12.3. The summed E-state index contributed by atoms with van der Waals surface area (Å²) in [5.41, 5.74) is 1.44. The molecule has 1 rings (SSSR count). The SMILES string of the molecule is C=C(C)COc1ccccc1C(=O)NCCOCCC. The van der Waals surface area contributed by atoms with Crippen molar-refractivity contribution >= 4 is 5.91 Å². The van der Waals surface area contributed by atoms with Crippen LogP contribution in [0.5, 0.6) is 5.75 Å². The second kappa shape index (κ2) is 9.15. The molecule has 0 bridgehead atoms. The van der Waals surface area contributed by atoms with Crippen LogP contribution in [0.15, 0.2) is 36.4 Å². The van der Waals surface area contributed by atoms with Gasteiger partial charge in [-0.05, 0) is 31.1 Å². The molecule has 1 amide bonds. The number of para-hydroxylation sites is 1. The zero-order valence-electron chi connectivity index (χ0n) is 12.3. The van der Waals surface area contributed by atoms with Crippen molar-refractivity contribution in [2.75, 3.05) is 26.4 Å². The van der Waals surface area contributed by atoms with Gasteiger partial charge in [-0.25, -0.2) is 0 Å². The molecule has 0 aliphatic rings. The van der Waals surface area contributed by atoms with Gasteiger partial charge in [0.2, 0.25) is 0 Å². The van der Waals surface area contributed by atoms with Gasteiger partial charge in [-0.3, -0.25) is 4.79 Å². The van der Waals surface area contributed by atoms with Crippen LogP contribution in [0.3, 0.4) is 0 Å². The number of hydrogen-bond acceptors (Lipinski definition) is 3. The number of ether oxygens (including phenoxy) is 2. The van der Waals surface area contributed by atoms with Gasteiger partial charge in [0.1, 0.15) is 12.4 Å². The van der Waals surface area contributed by atoms with Crippen LogP contribution in [0.25, 0.3) is 0 Å². The lowest BCUT2D eigenvalue weighted by Gasteiger charge is -2.11. The highest BCUT2D eigenvalue weighted by Gasteiger charge is 2.11. The van der Waals surface area contributed by atoms with Gasteiger partial charge in [-0.15, -0.1) is 0 Å². The fraction of sp³-hybridized carbons (Fsp3) is 0.438. The van der Waals surface area contributed by atoms with E-state index in [1.165, 1.54) is 0 Å². The Morgan fingerprint density at radius 3 is 2.75 bits per heavy atom. The van der Waals surface area contributed by atoms with Gasteiger partial charge in [-0.2, -0.15) is 0 Å². The van der Waals surface area contributed by atoms with Crippen molar-refractivity contribution in [1.29, 1.82) is 0 Å². The molecule has 0 aliphatic carbocycles. The normalized spacial score (nSPS) is 10.1. The molecule has 4 heteroatoms. The van der Waals surface area contributed by atoms with Crippen LogP contribution in [0.4, 0.5) is 0 Å². The summed E-state index contributed by atoms with van der Waals surface area (Å²) >= 11 is 0. The van der Waals surface area contributed by atoms with E-state index in [4.69, 9.17) is 9.47 Å². The summed E-state index contributed by atoms with van der Waals surface area (Å²) in [7, 11) is 0. The molecule has 20 heavy (non-hydrogen) atoms. The summed E-state index contributed by atoms with van der Waals surface area (Å²) in [6.45, 7) is 9.85. The summed E-state index contributed by atoms with van der Waals surface area (Å²) in [6, 6.07) is 7.19. The maximum absolute atomic E-state index is 12.1. The maximum Gasteiger partial charge on any atom is 0.255 e. The second-order valence-electron chi connectivity index (χ2n) is 4.61. The van der Waals surface area contributed by atoms with Crippen LogP contribution in [-0.2, 0) is 4.74 Å². The van der Waals surface area contributed by atoms with Crippen LogP contribution in [0.1, 0.15) is 30.6 Å². The molecule has 1 aromatic carbocycles. The molecule has 0 heterocycles. The summed E-state index contributed by atoms with van der Waals surface area (Å²) in [5, 5.41) is 2.82. The van der Waals surface area contributed by atoms with E-state index < -0.39 is 0 Å². The van der Waals surface area contributed by atoms with E-state index in [1.54, 1.807) is 12.1 Å². The first-order valence-electron chi connectivity index (χ1n) is 6.87. The first-order valence-corrected chi connectivity index (χ1v) is 6.87. The average Bonchev–Trinajstić information content (AvgIpc) is 2.45. The number of amides is 1. The molecule has 0 saturated carbocycles. The highest BCUT2D eigenvalue weighted by Crippen LogP contribution is 2.18. The smallest absolute Gasteiger partial charge is 0.255 e. The zero-order chi connectivity index (χ0) is 14.8. The maximum atomic E-state index is 12.1. The predicted octanol–water partition coefficient (Wildman–Crippen LogP) is 2.80. The third-order valence-corrected chi connectivity index (χ3v) is 2.49. The minimum absolute atomic E-state index is 0.151. The third kappa shape index (κ3) is 5.89. The molecule has 4 nitrogen and oxygen atoms in total. The minimum Gasteiger partial charge on any atom is -0.488 e. The molecular weight excluding hydrogens is 254 g/mol. The van der Waals surface area contributed by atoms with E-state index in [9.17, 15) is 4.79 Å². The van der Waals surface area contributed by atoms with Gasteiger partial charge >= 0.3 is 0 Å². The molecule has 0 radical (unpaired) electrons. The lowest BCUT2D eigenvalue weighted by atomic mass is 10.2. The number of carbonyl (C=O) groups excluding carboxylic acids is 1. The van der Waals surface area contributed by atoms with Gasteiger partial charge in [0.25, 0.3) is 5.91 Å². The number of carbonyl (C=O) groups is 1. The van der Waals surface area contributed by atoms with Crippen molar-refractivity contribution in [1.82, 2.24) is 5.32 Å². The first-order chi connectivity index (χ1) is 9.65. The Morgan fingerprint density at radius 1 is 1.30 bits per heavy atom. The molecule has 0 aliphatic heterocycles. The Morgan fingerprint density at radius 2 is 2.05 bits per heavy atom. The van der Waals surface area contributed by atoms with Crippen LogP contribution < -0.4 is 10.1 Å². The summed E-state index contributed by atoms with van der Waals surface area (Å²) in [5.74, 6) is 0.421. The molecule has 0 aromatic heterocycles. The highest BCUT2D eigenvalue weighted by molar-refractivity contribution is 5.96. The molecule has 0 fully saturated rings. The second-order valence-corrected chi connectivity index (χ2v) is 4.61. The monoisotopic (exact) mass is 277 g/mol. The van der Waals surface area contributed by atoms with Gasteiger partial charge < -0.3 is 14.8 Å². The molecule has 0 atom stereocenters. The Kier molecular flexibility index (Phi) is 7.43. The van der Waals surface area contributed by atoms with Gasteiger partial charge in [0, 0.05) is 13.2 Å². The summed E-state index contributed by atoms with van der Waals surface area (Å²) in [6.07, 6.45) is 0.978. The van der Waals surface area contributed by atoms with Crippen molar-refractivity contribution in [2.45, 2.75) is 20.3 Å². The van der Waals surface area contributed by atoms with Crippen LogP contribution in [-0.4, -0.2) is 32.3 Å². The standard InChI is InChI=1S/C16H23NO3/c1-4-10-19-11-9-17-16(18)14-7-5-6-8-15(14)20-12-13(2)3/h5-8H,2,4,9-12H2,1,3H3,(H,17,18). The van der Waals surface area contributed by atoms with Crippen molar-refractivity contribution < 1.29 is 14.3 Å². The number of rotatable bonds is 9. The first kappa shape index (κ1) is 16.2. The van der Waals surface area contributed by atoms with Gasteiger partial charge in [-0.1, -0.05) is 25.6 Å². The van der Waals surface area contributed by atoms with Crippen LogP contribution >= 0.6 is 0 Å². The molecule has 0 unspecified atom stereocenters. The quantitative estimate of drug-likeness (QED) is 0.558. The molecule has 1 aromatic rings. The average molecular weight is 277 g/mol. The van der Waals surface area contributed by atoms with E-state index in [1.807, 2.05) is 26.0 Å². The Labute approximate surface area is 120 Å². The van der Waals surface area contributed by atoms with Crippen molar-refractivity contribution in [3.63, 3.8) is 0 Å². The van der Waals surface area contributed by atoms with Crippen LogP contribution in [0, 0.1) is 0 Å². The lowest BCUT2D eigenvalue weighted by Crippen LogP contribution is -2.27. The number of benzene rings is 1. The Hall–Kier alpha value is -1.81. The fourth-order valence-electron chi connectivity index (χ4n) is 1.56. The summed E-state index contributed by atoms with van der Waals surface area (Å²) in [4.78, 5) is 12.1. The number of nitrogens with one attached hydrogen (secondary N) is 1. The van der Waals surface area contributed by atoms with Crippen molar-refractivity contribution in [3.8, 4) is 5.75 Å². The topological polar surface area (TPSA) is 47.6 Å². The third-order valence-electron chi connectivity index (χ3n) is 2.49. The minimum atomic E-state index is -0.151. The molecule has 0 saturated heterocycles. The molecule has 110 valence electrons. The largest absolute Gasteiger partial charge is 0.488 e. The van der Waals surface area contributed by atoms with Gasteiger partial charge in [0.05, 0.1) is 12.2 Å². The number of hydrogen-bond donors (Lipinski definition) is 1. The lowest BCUT2D eigenvalue weighted by molar-refractivity contribution is 0.0912. The highest BCUT2D eigenvalue weighted by atomic mass is 16.5. The van der Waals surface area contributed by atoms with Crippen LogP contribution in [0.2, 0.25) is 0 Å². The molecule has 1 N–H and O–H groups in total. The summed E-state index contributed by atoms with van der Waals surface area (Å²) < 4.78 is 10.9. The Balaban J connectivity index is 2.51. The fourth-order valence-corrected chi connectivity index (χ4v) is 1.56. The molecular formula is C16H23NO3. The Bertz CT molecular complexity index is 443. The van der Waals surface area contributed by atoms with E-state index in [0.29, 0.717) is 37.7 Å². The van der Waals surface area contributed by atoms with E-state index in [2.05, 4.69) is 11.9 Å². The van der Waals surface area contributed by atoms with Crippen molar-refractivity contribution in [2.24, 2.45) is 0 Å². The molecule has 0 spiro atoms. The van der Waals surface area contributed by atoms with E-state index in [-0.39, 0.29) is 5.91 Å². The van der Waals surface area contributed by atoms with E-state index >= 15 is 0 Å².